The Labute approximate surface area is 205 Å². The first kappa shape index (κ1) is 23.5. The van der Waals surface area contributed by atoms with E-state index in [-0.39, 0.29) is 6.42 Å². The summed E-state index contributed by atoms with van der Waals surface area (Å²) in [7, 11) is -2.00. The molecule has 5 aromatic rings. The summed E-state index contributed by atoms with van der Waals surface area (Å²) in [5.41, 5.74) is 0.713. The van der Waals surface area contributed by atoms with Crippen molar-refractivity contribution in [3.05, 3.63) is 96.6 Å². The Morgan fingerprint density at radius 3 is 1.69 bits per heavy atom. The minimum absolute atomic E-state index is 0.283. The number of fused-ring (bicyclic) bond motifs is 3. The van der Waals surface area contributed by atoms with Gasteiger partial charge in [0, 0.05) is 6.42 Å². The standard InChI is InChI=1S/C30H29BO4/c1-29(2,32)30(3,35-31(33)34)19-27-22-14-6-8-16-25(22)28(26-17-9-7-15-23(26)27)24-18-10-12-20-11-4-5-13-21(20)24/h4-18,32-34H,19H2,1-3H3. The molecule has 176 valence electrons. The first-order valence-electron chi connectivity index (χ1n) is 11.9. The molecule has 0 fully saturated rings. The Morgan fingerprint density at radius 1 is 0.657 bits per heavy atom. The number of hydrogen-bond donors (Lipinski definition) is 3. The largest absolute Gasteiger partial charge is 0.634 e. The highest BCUT2D eigenvalue weighted by molar-refractivity contribution is 6.32. The fourth-order valence-electron chi connectivity index (χ4n) is 5.11. The van der Waals surface area contributed by atoms with E-state index in [1.807, 2.05) is 24.3 Å². The lowest BCUT2D eigenvalue weighted by Crippen LogP contribution is -2.54. The zero-order chi connectivity index (χ0) is 24.8. The molecule has 0 radical (unpaired) electrons. The molecule has 0 aliphatic carbocycles. The summed E-state index contributed by atoms with van der Waals surface area (Å²) in [6.07, 6.45) is 0.283. The molecule has 5 rings (SSSR count). The third kappa shape index (κ3) is 4.11. The zero-order valence-electron chi connectivity index (χ0n) is 20.2. The van der Waals surface area contributed by atoms with Gasteiger partial charge in [0.1, 0.15) is 0 Å². The molecule has 3 N–H and O–H groups in total. The quantitative estimate of drug-likeness (QED) is 0.217. The highest BCUT2D eigenvalue weighted by Gasteiger charge is 2.44. The average Bonchev–Trinajstić information content (AvgIpc) is 2.83. The second-order valence-corrected chi connectivity index (χ2v) is 9.88. The van der Waals surface area contributed by atoms with E-state index >= 15 is 0 Å². The topological polar surface area (TPSA) is 69.9 Å². The Balaban J connectivity index is 1.87. The maximum atomic E-state index is 11.0. The van der Waals surface area contributed by atoms with Crippen LogP contribution >= 0.6 is 0 Å². The summed E-state index contributed by atoms with van der Waals surface area (Å²) < 4.78 is 5.54. The van der Waals surface area contributed by atoms with Crippen LogP contribution in [0.25, 0.3) is 43.4 Å². The van der Waals surface area contributed by atoms with Crippen molar-refractivity contribution in [2.45, 2.75) is 38.4 Å². The van der Waals surface area contributed by atoms with Gasteiger partial charge in [-0.1, -0.05) is 91.0 Å². The molecule has 0 saturated carbocycles. The molecule has 0 saturated heterocycles. The van der Waals surface area contributed by atoms with Gasteiger partial charge in [-0.3, -0.25) is 0 Å². The maximum absolute atomic E-state index is 11.0. The first-order chi connectivity index (χ1) is 16.7. The predicted molar refractivity (Wildman–Crippen MR) is 144 cm³/mol. The van der Waals surface area contributed by atoms with Gasteiger partial charge in [-0.15, -0.1) is 0 Å². The molecule has 5 aromatic carbocycles. The number of aliphatic hydroxyl groups is 1. The third-order valence-electron chi connectivity index (χ3n) is 7.28. The summed E-state index contributed by atoms with van der Waals surface area (Å²) in [5, 5.41) is 37.0. The van der Waals surface area contributed by atoms with E-state index in [1.165, 1.54) is 10.8 Å². The van der Waals surface area contributed by atoms with Crippen LogP contribution in [0.2, 0.25) is 0 Å². The SMILES string of the molecule is CC(C)(O)C(C)(Cc1c2ccccc2c(-c2cccc3ccccc23)c2ccccc12)OB(O)O. The Hall–Kier alpha value is -3.22. The molecule has 0 spiro atoms. The average molecular weight is 464 g/mol. The van der Waals surface area contributed by atoms with Crippen molar-refractivity contribution >= 4 is 39.6 Å². The molecule has 0 bridgehead atoms. The molecule has 0 aliphatic rings. The van der Waals surface area contributed by atoms with Crippen LogP contribution in [-0.4, -0.2) is 33.7 Å². The fourth-order valence-corrected chi connectivity index (χ4v) is 5.11. The zero-order valence-corrected chi connectivity index (χ0v) is 20.2. The minimum Gasteiger partial charge on any atom is -0.402 e. The van der Waals surface area contributed by atoms with Crippen LogP contribution < -0.4 is 0 Å². The Morgan fingerprint density at radius 2 is 1.14 bits per heavy atom. The van der Waals surface area contributed by atoms with Gasteiger partial charge in [0.05, 0.1) is 11.2 Å². The predicted octanol–water partition coefficient (Wildman–Crippen LogP) is 5.87. The van der Waals surface area contributed by atoms with E-state index < -0.39 is 18.5 Å². The van der Waals surface area contributed by atoms with Crippen LogP contribution in [0.4, 0.5) is 0 Å². The van der Waals surface area contributed by atoms with Crippen molar-refractivity contribution in [2.75, 3.05) is 0 Å². The van der Waals surface area contributed by atoms with E-state index in [2.05, 4.69) is 66.7 Å². The summed E-state index contributed by atoms with van der Waals surface area (Å²) in [4.78, 5) is 0. The van der Waals surface area contributed by atoms with E-state index in [0.717, 1.165) is 38.2 Å². The lowest BCUT2D eigenvalue weighted by atomic mass is 9.77. The van der Waals surface area contributed by atoms with Crippen LogP contribution in [0.15, 0.2) is 91.0 Å². The first-order valence-corrected chi connectivity index (χ1v) is 11.9. The van der Waals surface area contributed by atoms with Crippen LogP contribution in [0.1, 0.15) is 26.3 Å². The van der Waals surface area contributed by atoms with Crippen molar-refractivity contribution in [2.24, 2.45) is 0 Å². The second-order valence-electron chi connectivity index (χ2n) is 9.88. The van der Waals surface area contributed by atoms with Crippen molar-refractivity contribution < 1.29 is 19.8 Å². The molecule has 1 atom stereocenters. The molecular weight excluding hydrogens is 435 g/mol. The van der Waals surface area contributed by atoms with Crippen molar-refractivity contribution in [3.8, 4) is 11.1 Å². The van der Waals surface area contributed by atoms with E-state index in [1.54, 1.807) is 20.8 Å². The lowest BCUT2D eigenvalue weighted by molar-refractivity contribution is -0.119. The molecule has 0 amide bonds. The fraction of sp³-hybridized carbons (Fsp3) is 0.200. The van der Waals surface area contributed by atoms with Gasteiger partial charge < -0.3 is 19.8 Å². The van der Waals surface area contributed by atoms with Gasteiger partial charge in [0.25, 0.3) is 0 Å². The highest BCUT2D eigenvalue weighted by Crippen LogP contribution is 2.43. The van der Waals surface area contributed by atoms with Crippen molar-refractivity contribution in [1.29, 1.82) is 0 Å². The maximum Gasteiger partial charge on any atom is 0.634 e. The molecule has 1 unspecified atom stereocenters. The van der Waals surface area contributed by atoms with E-state index in [4.69, 9.17) is 4.65 Å². The van der Waals surface area contributed by atoms with E-state index in [0.29, 0.717) is 0 Å². The van der Waals surface area contributed by atoms with Crippen molar-refractivity contribution in [3.63, 3.8) is 0 Å². The molecule has 5 heteroatoms. The second kappa shape index (κ2) is 8.78. The molecule has 4 nitrogen and oxygen atoms in total. The third-order valence-corrected chi connectivity index (χ3v) is 7.28. The molecular formula is C30H29BO4. The minimum atomic E-state index is -2.00. The van der Waals surface area contributed by atoms with Gasteiger partial charge in [0.2, 0.25) is 0 Å². The summed E-state index contributed by atoms with van der Waals surface area (Å²) in [6.45, 7) is 4.98. The lowest BCUT2D eigenvalue weighted by Gasteiger charge is -2.41. The number of hydrogen-bond acceptors (Lipinski definition) is 4. The van der Waals surface area contributed by atoms with Crippen molar-refractivity contribution in [1.82, 2.24) is 0 Å². The Bertz CT molecular complexity index is 1470. The van der Waals surface area contributed by atoms with Gasteiger partial charge in [-0.2, -0.15) is 0 Å². The number of rotatable bonds is 6. The van der Waals surface area contributed by atoms with Gasteiger partial charge >= 0.3 is 7.32 Å². The van der Waals surface area contributed by atoms with Gasteiger partial charge in [-0.25, -0.2) is 0 Å². The molecule has 35 heavy (non-hydrogen) atoms. The highest BCUT2D eigenvalue weighted by atomic mass is 16.6. The van der Waals surface area contributed by atoms with Gasteiger partial charge in [-0.05, 0) is 69.8 Å². The Kier molecular flexibility index (Phi) is 5.90. The monoisotopic (exact) mass is 464 g/mol. The summed E-state index contributed by atoms with van der Waals surface area (Å²) in [5.74, 6) is 0. The molecule has 0 aliphatic heterocycles. The van der Waals surface area contributed by atoms with Crippen LogP contribution in [0.3, 0.4) is 0 Å². The molecule has 0 heterocycles. The normalized spacial score (nSPS) is 13.9. The van der Waals surface area contributed by atoms with Gasteiger partial charge in [0.15, 0.2) is 0 Å². The number of benzene rings is 5. The smallest absolute Gasteiger partial charge is 0.402 e. The van der Waals surface area contributed by atoms with E-state index in [9.17, 15) is 15.2 Å². The summed E-state index contributed by atoms with van der Waals surface area (Å²) in [6, 6.07) is 31.3. The van der Waals surface area contributed by atoms with Crippen LogP contribution in [-0.2, 0) is 11.1 Å². The molecule has 0 aromatic heterocycles. The van der Waals surface area contributed by atoms with Crippen LogP contribution in [0.5, 0.6) is 0 Å². The van der Waals surface area contributed by atoms with Crippen LogP contribution in [0, 0.1) is 0 Å². The summed E-state index contributed by atoms with van der Waals surface area (Å²) >= 11 is 0.